The fourth-order valence-electron chi connectivity index (χ4n) is 4.07. The molecule has 3 aromatic carbocycles. The first-order valence-electron chi connectivity index (χ1n) is 10.1. The topological polar surface area (TPSA) is 58.2 Å². The van der Waals surface area contributed by atoms with Crippen LogP contribution in [0.4, 0.5) is 10.7 Å². The van der Waals surface area contributed by atoms with Crippen LogP contribution in [0.15, 0.2) is 71.2 Å². The second kappa shape index (κ2) is 8.29. The molecule has 154 valence electrons. The van der Waals surface area contributed by atoms with Crippen molar-refractivity contribution in [3.8, 4) is 0 Å². The predicted molar refractivity (Wildman–Crippen MR) is 130 cm³/mol. The molecule has 0 atom stereocenters. The van der Waals surface area contributed by atoms with Crippen molar-refractivity contribution in [1.29, 1.82) is 0 Å². The van der Waals surface area contributed by atoms with Gasteiger partial charge in [-0.1, -0.05) is 48.5 Å². The summed E-state index contributed by atoms with van der Waals surface area (Å²) in [6, 6.07) is 21.0. The molecule has 5 rings (SSSR count). The molecule has 2 amide bonds. The lowest BCUT2D eigenvalue weighted by atomic mass is 10.0. The number of hydrogen-bond acceptors (Lipinski definition) is 3. The molecule has 0 saturated carbocycles. The summed E-state index contributed by atoms with van der Waals surface area (Å²) in [6.07, 6.45) is 2.84. The van der Waals surface area contributed by atoms with Crippen LogP contribution in [0.25, 0.3) is 10.8 Å². The van der Waals surface area contributed by atoms with Crippen LogP contribution in [0.5, 0.6) is 0 Å². The Kier molecular flexibility index (Phi) is 5.34. The van der Waals surface area contributed by atoms with Crippen molar-refractivity contribution in [2.45, 2.75) is 19.3 Å². The summed E-state index contributed by atoms with van der Waals surface area (Å²) in [6.45, 7) is 0. The maximum atomic E-state index is 13.3. The first-order valence-corrected chi connectivity index (χ1v) is 11.7. The Morgan fingerprint density at radius 1 is 0.839 bits per heavy atom. The zero-order valence-corrected chi connectivity index (χ0v) is 19.0. The van der Waals surface area contributed by atoms with E-state index in [0.717, 1.165) is 40.1 Å². The Bertz CT molecular complexity index is 1320. The molecule has 4 nitrogen and oxygen atoms in total. The van der Waals surface area contributed by atoms with Gasteiger partial charge in [-0.2, -0.15) is 0 Å². The van der Waals surface area contributed by atoms with Gasteiger partial charge < -0.3 is 10.6 Å². The van der Waals surface area contributed by atoms with E-state index in [1.165, 1.54) is 16.2 Å². The van der Waals surface area contributed by atoms with Gasteiger partial charge in [0.25, 0.3) is 11.8 Å². The van der Waals surface area contributed by atoms with E-state index in [0.29, 0.717) is 21.8 Å². The van der Waals surface area contributed by atoms with Crippen molar-refractivity contribution in [3.63, 3.8) is 0 Å². The third kappa shape index (κ3) is 3.77. The van der Waals surface area contributed by atoms with Gasteiger partial charge in [-0.25, -0.2) is 0 Å². The number of hydrogen-bond donors (Lipinski definition) is 2. The highest BCUT2D eigenvalue weighted by molar-refractivity contribution is 9.10. The normalized spacial score (nSPS) is 12.5. The number of fused-ring (bicyclic) bond motifs is 2. The van der Waals surface area contributed by atoms with E-state index in [2.05, 4.69) is 26.6 Å². The molecule has 0 radical (unpaired) electrons. The molecule has 0 bridgehead atoms. The van der Waals surface area contributed by atoms with Crippen LogP contribution < -0.4 is 10.6 Å². The fourth-order valence-corrected chi connectivity index (χ4v) is 5.74. The van der Waals surface area contributed by atoms with Crippen molar-refractivity contribution >= 4 is 60.5 Å². The average molecular weight is 491 g/mol. The SMILES string of the molecule is O=C(Nc1ccccc1Br)c1c(NC(=O)c2cccc3ccccc23)sc2c1CCC2. The molecular formula is C25H19BrN2O2S. The highest BCUT2D eigenvalue weighted by Crippen LogP contribution is 2.40. The number of para-hydroxylation sites is 1. The van der Waals surface area contributed by atoms with Gasteiger partial charge in [-0.05, 0) is 69.7 Å². The molecule has 31 heavy (non-hydrogen) atoms. The molecule has 0 fully saturated rings. The monoisotopic (exact) mass is 490 g/mol. The Balaban J connectivity index is 1.49. The molecule has 0 unspecified atom stereocenters. The molecule has 1 heterocycles. The summed E-state index contributed by atoms with van der Waals surface area (Å²) >= 11 is 5.00. The predicted octanol–water partition coefficient (Wildman–Crippen LogP) is 6.66. The number of thiophene rings is 1. The lowest BCUT2D eigenvalue weighted by Crippen LogP contribution is -2.18. The van der Waals surface area contributed by atoms with E-state index in [1.807, 2.05) is 66.7 Å². The van der Waals surface area contributed by atoms with Gasteiger partial charge in [0.15, 0.2) is 0 Å². The Hall–Kier alpha value is -2.96. The zero-order chi connectivity index (χ0) is 21.4. The largest absolute Gasteiger partial charge is 0.321 e. The quantitative estimate of drug-likeness (QED) is 0.336. The number of carbonyl (C=O) groups is 2. The summed E-state index contributed by atoms with van der Waals surface area (Å²) in [5.41, 5.74) is 2.95. The molecule has 1 aliphatic carbocycles. The number of nitrogens with one attached hydrogen (secondary N) is 2. The number of anilines is 2. The number of carbonyl (C=O) groups excluding carboxylic acids is 2. The van der Waals surface area contributed by atoms with Crippen LogP contribution in [0.3, 0.4) is 0 Å². The Morgan fingerprint density at radius 3 is 2.48 bits per heavy atom. The summed E-state index contributed by atoms with van der Waals surface area (Å²) in [7, 11) is 0. The van der Waals surface area contributed by atoms with E-state index in [-0.39, 0.29) is 11.8 Å². The third-order valence-corrected chi connectivity index (χ3v) is 7.43. The standard InChI is InChI=1S/C25H19BrN2O2S/c26-19-12-3-4-13-20(19)27-24(30)22-18-11-6-14-21(18)31-25(22)28-23(29)17-10-5-8-15-7-1-2-9-16(15)17/h1-5,7-10,12-13H,6,11,14H2,(H,27,30)(H,28,29). The van der Waals surface area contributed by atoms with Crippen molar-refractivity contribution in [2.75, 3.05) is 10.6 Å². The Labute approximate surface area is 192 Å². The lowest BCUT2D eigenvalue weighted by Gasteiger charge is -2.11. The van der Waals surface area contributed by atoms with Gasteiger partial charge in [-0.15, -0.1) is 11.3 Å². The molecule has 1 aliphatic rings. The number of benzene rings is 3. The number of amides is 2. The molecule has 1 aromatic heterocycles. The minimum absolute atomic E-state index is 0.195. The van der Waals surface area contributed by atoms with Gasteiger partial charge in [0.05, 0.1) is 11.3 Å². The second-order valence-corrected chi connectivity index (χ2v) is 9.44. The summed E-state index contributed by atoms with van der Waals surface area (Å²) < 4.78 is 0.816. The number of rotatable bonds is 4. The van der Waals surface area contributed by atoms with Crippen LogP contribution in [0.2, 0.25) is 0 Å². The van der Waals surface area contributed by atoms with Crippen LogP contribution in [-0.2, 0) is 12.8 Å². The molecule has 6 heteroatoms. The number of aryl methyl sites for hydroxylation is 1. The van der Waals surface area contributed by atoms with E-state index in [4.69, 9.17) is 0 Å². The highest BCUT2D eigenvalue weighted by Gasteiger charge is 2.28. The molecular weight excluding hydrogens is 472 g/mol. The summed E-state index contributed by atoms with van der Waals surface area (Å²) in [5, 5.41) is 8.55. The summed E-state index contributed by atoms with van der Waals surface area (Å²) in [4.78, 5) is 27.6. The van der Waals surface area contributed by atoms with Crippen LogP contribution in [0, 0.1) is 0 Å². The van der Waals surface area contributed by atoms with E-state index >= 15 is 0 Å². The van der Waals surface area contributed by atoms with Crippen molar-refractivity contribution in [2.24, 2.45) is 0 Å². The van der Waals surface area contributed by atoms with Gasteiger partial charge in [0.1, 0.15) is 5.00 Å². The van der Waals surface area contributed by atoms with Gasteiger partial charge in [0, 0.05) is 14.9 Å². The summed E-state index contributed by atoms with van der Waals surface area (Å²) in [5.74, 6) is -0.397. The van der Waals surface area contributed by atoms with Crippen molar-refractivity contribution in [1.82, 2.24) is 0 Å². The highest BCUT2D eigenvalue weighted by atomic mass is 79.9. The van der Waals surface area contributed by atoms with Gasteiger partial charge >= 0.3 is 0 Å². The van der Waals surface area contributed by atoms with Crippen molar-refractivity contribution in [3.05, 3.63) is 92.8 Å². The maximum absolute atomic E-state index is 13.3. The Morgan fingerprint density at radius 2 is 1.61 bits per heavy atom. The second-order valence-electron chi connectivity index (χ2n) is 7.48. The van der Waals surface area contributed by atoms with Crippen LogP contribution in [-0.4, -0.2) is 11.8 Å². The molecule has 0 saturated heterocycles. The van der Waals surface area contributed by atoms with E-state index in [1.54, 1.807) is 0 Å². The van der Waals surface area contributed by atoms with Gasteiger partial charge in [0.2, 0.25) is 0 Å². The van der Waals surface area contributed by atoms with Gasteiger partial charge in [-0.3, -0.25) is 9.59 Å². The molecule has 2 N–H and O–H groups in total. The molecule has 4 aromatic rings. The van der Waals surface area contributed by atoms with Crippen LogP contribution in [0.1, 0.15) is 37.6 Å². The van der Waals surface area contributed by atoms with E-state index in [9.17, 15) is 9.59 Å². The minimum atomic E-state index is -0.202. The minimum Gasteiger partial charge on any atom is -0.321 e. The molecule has 0 aliphatic heterocycles. The van der Waals surface area contributed by atoms with Crippen molar-refractivity contribution < 1.29 is 9.59 Å². The molecule has 0 spiro atoms. The van der Waals surface area contributed by atoms with E-state index < -0.39 is 0 Å². The third-order valence-electron chi connectivity index (χ3n) is 5.53. The fraction of sp³-hybridized carbons (Fsp3) is 0.120. The first-order chi connectivity index (χ1) is 15.1. The number of halogens is 1. The lowest BCUT2D eigenvalue weighted by molar-refractivity contribution is 0.102. The smallest absolute Gasteiger partial charge is 0.258 e. The maximum Gasteiger partial charge on any atom is 0.258 e. The van der Waals surface area contributed by atoms with Crippen LogP contribution >= 0.6 is 27.3 Å². The first kappa shape index (κ1) is 20.0. The average Bonchev–Trinajstić information content (AvgIpc) is 3.35. The zero-order valence-electron chi connectivity index (χ0n) is 16.6.